The summed E-state index contributed by atoms with van der Waals surface area (Å²) in [6.07, 6.45) is 8.10. The van der Waals surface area contributed by atoms with E-state index in [1.165, 1.54) is 6.33 Å². The SMILES string of the molecule is C#Cc1cccc(Nc2ncnc3cc(OC)c(OCCN(CCCC(=O)CO)C(C)C)cc23)c1. The van der Waals surface area contributed by atoms with Gasteiger partial charge < -0.3 is 19.9 Å². The lowest BCUT2D eigenvalue weighted by Gasteiger charge is -2.26. The number of anilines is 2. The number of carbonyl (C=O) groups is 1. The van der Waals surface area contributed by atoms with E-state index < -0.39 is 6.61 Å². The van der Waals surface area contributed by atoms with Crippen molar-refractivity contribution in [1.82, 2.24) is 14.9 Å². The first-order valence-corrected chi connectivity index (χ1v) is 11.6. The van der Waals surface area contributed by atoms with Crippen LogP contribution in [0.3, 0.4) is 0 Å². The third kappa shape index (κ3) is 7.15. The fraction of sp³-hybridized carbons (Fsp3) is 0.370. The van der Waals surface area contributed by atoms with Gasteiger partial charge in [-0.05, 0) is 51.1 Å². The molecule has 8 heteroatoms. The summed E-state index contributed by atoms with van der Waals surface area (Å²) in [4.78, 5) is 22.4. The molecule has 2 N–H and O–H groups in total. The highest BCUT2D eigenvalue weighted by molar-refractivity contribution is 5.93. The third-order valence-corrected chi connectivity index (χ3v) is 5.66. The summed E-state index contributed by atoms with van der Waals surface area (Å²) in [5, 5.41) is 13.0. The molecule has 1 aromatic heterocycles. The summed E-state index contributed by atoms with van der Waals surface area (Å²) in [6, 6.07) is 11.6. The molecule has 0 unspecified atom stereocenters. The second-order valence-electron chi connectivity index (χ2n) is 8.37. The van der Waals surface area contributed by atoms with Crippen molar-refractivity contribution in [3.8, 4) is 23.8 Å². The number of hydrogen-bond donors (Lipinski definition) is 2. The van der Waals surface area contributed by atoms with Crippen LogP contribution in [0, 0.1) is 12.3 Å². The van der Waals surface area contributed by atoms with Gasteiger partial charge in [-0.15, -0.1) is 6.42 Å². The first-order valence-electron chi connectivity index (χ1n) is 11.6. The zero-order valence-electron chi connectivity index (χ0n) is 20.5. The number of benzene rings is 2. The van der Waals surface area contributed by atoms with Crippen LogP contribution in [0.5, 0.6) is 11.5 Å². The highest BCUT2D eigenvalue weighted by Crippen LogP contribution is 2.34. The normalized spacial score (nSPS) is 11.0. The van der Waals surface area contributed by atoms with Crippen LogP contribution in [0.4, 0.5) is 11.5 Å². The lowest BCUT2D eigenvalue weighted by molar-refractivity contribution is -0.121. The predicted molar refractivity (Wildman–Crippen MR) is 137 cm³/mol. The summed E-state index contributed by atoms with van der Waals surface area (Å²) >= 11 is 0. The largest absolute Gasteiger partial charge is 0.493 e. The van der Waals surface area contributed by atoms with E-state index in [1.807, 2.05) is 36.4 Å². The molecule has 1 heterocycles. The minimum atomic E-state index is -0.400. The quantitative estimate of drug-likeness (QED) is 0.360. The van der Waals surface area contributed by atoms with E-state index in [1.54, 1.807) is 7.11 Å². The Morgan fingerprint density at radius 1 is 1.20 bits per heavy atom. The molecular formula is C27H32N4O4. The van der Waals surface area contributed by atoms with Gasteiger partial charge in [-0.1, -0.05) is 12.0 Å². The number of ketones is 1. The minimum Gasteiger partial charge on any atom is -0.493 e. The first-order chi connectivity index (χ1) is 16.9. The Bertz CT molecular complexity index is 1190. The average Bonchev–Trinajstić information content (AvgIpc) is 2.87. The maximum absolute atomic E-state index is 11.4. The standard InChI is InChI=1S/C27H32N4O4/c1-5-20-8-6-9-21(14-20)30-27-23-15-26(25(34-4)16-24(23)28-18-29-27)35-13-12-31(19(2)3)11-7-10-22(33)17-32/h1,6,8-9,14-16,18-19,32H,7,10-13,17H2,2-4H3,(H,28,29,30). The Balaban J connectivity index is 1.75. The summed E-state index contributed by atoms with van der Waals surface area (Å²) in [5.74, 6) is 4.31. The van der Waals surface area contributed by atoms with Crippen LogP contribution in [-0.2, 0) is 4.79 Å². The topological polar surface area (TPSA) is 96.8 Å². The molecule has 0 fully saturated rings. The molecule has 0 spiro atoms. The summed E-state index contributed by atoms with van der Waals surface area (Å²) in [7, 11) is 1.60. The van der Waals surface area contributed by atoms with Crippen molar-refractivity contribution in [1.29, 1.82) is 0 Å². The zero-order chi connectivity index (χ0) is 25.2. The molecule has 0 atom stereocenters. The van der Waals surface area contributed by atoms with Gasteiger partial charge in [0, 0.05) is 41.7 Å². The molecule has 0 saturated carbocycles. The minimum absolute atomic E-state index is 0.136. The van der Waals surface area contributed by atoms with Crippen molar-refractivity contribution in [3.63, 3.8) is 0 Å². The van der Waals surface area contributed by atoms with Crippen LogP contribution < -0.4 is 14.8 Å². The second kappa shape index (κ2) is 12.7. The van der Waals surface area contributed by atoms with Gasteiger partial charge in [-0.2, -0.15) is 0 Å². The Hall–Kier alpha value is -3.67. The van der Waals surface area contributed by atoms with Crippen LogP contribution >= 0.6 is 0 Å². The number of fused-ring (bicyclic) bond motifs is 1. The summed E-state index contributed by atoms with van der Waals surface area (Å²) in [6.45, 7) is 5.68. The first kappa shape index (κ1) is 25.9. The molecule has 3 rings (SSSR count). The monoisotopic (exact) mass is 476 g/mol. The number of hydrogen-bond acceptors (Lipinski definition) is 8. The van der Waals surface area contributed by atoms with Crippen LogP contribution in [0.2, 0.25) is 0 Å². The number of terminal acetylenes is 1. The van der Waals surface area contributed by atoms with Crippen molar-refractivity contribution >= 4 is 28.2 Å². The van der Waals surface area contributed by atoms with Gasteiger partial charge in [0.25, 0.3) is 0 Å². The van der Waals surface area contributed by atoms with Crippen molar-refractivity contribution in [2.24, 2.45) is 0 Å². The molecule has 0 bridgehead atoms. The number of methoxy groups -OCH3 is 1. The molecule has 0 aliphatic heterocycles. The van der Waals surface area contributed by atoms with Gasteiger partial charge in [0.05, 0.1) is 12.6 Å². The van der Waals surface area contributed by atoms with Crippen LogP contribution in [0.1, 0.15) is 32.3 Å². The second-order valence-corrected chi connectivity index (χ2v) is 8.37. The lowest BCUT2D eigenvalue weighted by Crippen LogP contribution is -2.35. The molecule has 35 heavy (non-hydrogen) atoms. The number of aliphatic hydroxyl groups excluding tert-OH is 1. The number of nitrogens with one attached hydrogen (secondary N) is 1. The van der Waals surface area contributed by atoms with Crippen LogP contribution in [0.15, 0.2) is 42.7 Å². The number of nitrogens with zero attached hydrogens (tertiary/aromatic N) is 3. The zero-order valence-corrected chi connectivity index (χ0v) is 20.5. The number of rotatable bonds is 13. The number of aromatic nitrogens is 2. The van der Waals surface area contributed by atoms with Gasteiger partial charge in [-0.25, -0.2) is 9.97 Å². The van der Waals surface area contributed by atoms with Crippen molar-refractivity contribution in [2.45, 2.75) is 32.7 Å². The van der Waals surface area contributed by atoms with Crippen molar-refractivity contribution in [2.75, 3.05) is 38.7 Å². The van der Waals surface area contributed by atoms with Gasteiger partial charge in [0.15, 0.2) is 17.3 Å². The lowest BCUT2D eigenvalue weighted by atomic mass is 10.2. The Labute approximate surface area is 206 Å². The fourth-order valence-electron chi connectivity index (χ4n) is 3.72. The van der Waals surface area contributed by atoms with E-state index in [9.17, 15) is 4.79 Å². The Morgan fingerprint density at radius 3 is 2.74 bits per heavy atom. The maximum Gasteiger partial charge on any atom is 0.162 e. The number of carbonyl (C=O) groups excluding carboxylic acids is 1. The van der Waals surface area contributed by atoms with Crippen LogP contribution in [0.25, 0.3) is 10.9 Å². The number of aliphatic hydroxyl groups is 1. The molecule has 2 aromatic carbocycles. The van der Waals surface area contributed by atoms with E-state index in [-0.39, 0.29) is 5.78 Å². The summed E-state index contributed by atoms with van der Waals surface area (Å²) in [5.41, 5.74) is 2.32. The number of ether oxygens (including phenoxy) is 2. The van der Waals surface area contributed by atoms with Gasteiger partial charge in [-0.3, -0.25) is 9.69 Å². The average molecular weight is 477 g/mol. The number of Topliss-reactive ketones (excluding diaryl/α,β-unsaturated/α-hetero) is 1. The van der Waals surface area contributed by atoms with E-state index in [2.05, 4.69) is 40.0 Å². The maximum atomic E-state index is 11.4. The highest BCUT2D eigenvalue weighted by Gasteiger charge is 2.14. The predicted octanol–water partition coefficient (Wildman–Crippen LogP) is 3.79. The van der Waals surface area contributed by atoms with Crippen molar-refractivity contribution < 1.29 is 19.4 Å². The fourth-order valence-corrected chi connectivity index (χ4v) is 3.72. The molecule has 0 aliphatic carbocycles. The molecule has 0 radical (unpaired) electrons. The van der Waals surface area contributed by atoms with Crippen molar-refractivity contribution in [3.05, 3.63) is 48.3 Å². The van der Waals surface area contributed by atoms with Gasteiger partial charge in [0.1, 0.15) is 25.4 Å². The van der Waals surface area contributed by atoms with E-state index in [0.717, 1.165) is 28.7 Å². The molecule has 3 aromatic rings. The van der Waals surface area contributed by atoms with E-state index >= 15 is 0 Å². The smallest absolute Gasteiger partial charge is 0.162 e. The van der Waals surface area contributed by atoms with E-state index in [4.69, 9.17) is 21.0 Å². The molecule has 0 aliphatic rings. The molecule has 0 amide bonds. The molecule has 184 valence electrons. The van der Waals surface area contributed by atoms with E-state index in [0.29, 0.717) is 49.4 Å². The molecule has 8 nitrogen and oxygen atoms in total. The van der Waals surface area contributed by atoms with Crippen LogP contribution in [-0.4, -0.2) is 65.2 Å². The van der Waals surface area contributed by atoms with Gasteiger partial charge in [0.2, 0.25) is 0 Å². The third-order valence-electron chi connectivity index (χ3n) is 5.66. The van der Waals surface area contributed by atoms with Gasteiger partial charge >= 0.3 is 0 Å². The molecular weight excluding hydrogens is 444 g/mol. The highest BCUT2D eigenvalue weighted by atomic mass is 16.5. The Kier molecular flexibility index (Phi) is 9.41. The summed E-state index contributed by atoms with van der Waals surface area (Å²) < 4.78 is 11.7. The molecule has 0 saturated heterocycles. The Morgan fingerprint density at radius 2 is 2.03 bits per heavy atom.